The van der Waals surface area contributed by atoms with Crippen LogP contribution in [-0.4, -0.2) is 31.9 Å². The molecular weight excluding hydrogens is 376 g/mol. The van der Waals surface area contributed by atoms with Crippen LogP contribution in [0.25, 0.3) is 27.7 Å². The highest BCUT2D eigenvalue weighted by molar-refractivity contribution is 6.30. The van der Waals surface area contributed by atoms with Crippen LogP contribution in [0.1, 0.15) is 18.5 Å². The van der Waals surface area contributed by atoms with Gasteiger partial charge in [0.05, 0.1) is 29.2 Å². The molecule has 5 rings (SSSR count). The lowest BCUT2D eigenvalue weighted by Crippen LogP contribution is -2.26. The molecule has 1 atom stereocenters. The van der Waals surface area contributed by atoms with E-state index in [9.17, 15) is 4.79 Å². The summed E-state index contributed by atoms with van der Waals surface area (Å²) in [6.45, 7) is 3.29. The first-order chi connectivity index (χ1) is 13.6. The molecule has 3 aromatic heterocycles. The van der Waals surface area contributed by atoms with Crippen LogP contribution in [0.3, 0.4) is 0 Å². The van der Waals surface area contributed by atoms with Crippen molar-refractivity contribution < 1.29 is 4.74 Å². The molecule has 28 heavy (non-hydrogen) atoms. The summed E-state index contributed by atoms with van der Waals surface area (Å²) in [5.41, 5.74) is 4.21. The molecular formula is C21H19ClN4O2. The molecule has 142 valence electrons. The molecule has 4 heterocycles. The summed E-state index contributed by atoms with van der Waals surface area (Å²) in [6, 6.07) is 9.54. The lowest BCUT2D eigenvalue weighted by atomic mass is 10.1. The van der Waals surface area contributed by atoms with Gasteiger partial charge in [0.2, 0.25) is 0 Å². The minimum atomic E-state index is -0.0661. The molecule has 0 saturated carbocycles. The second-order valence-corrected chi connectivity index (χ2v) is 7.60. The zero-order chi connectivity index (χ0) is 19.3. The van der Waals surface area contributed by atoms with Crippen molar-refractivity contribution in [3.8, 4) is 11.1 Å². The summed E-state index contributed by atoms with van der Waals surface area (Å²) in [6.07, 6.45) is 5.62. The van der Waals surface area contributed by atoms with Crippen molar-refractivity contribution >= 4 is 28.2 Å². The SMILES string of the molecule is Cc1nn2c(ncc3c(=O)n(C[C@H]4CCCO4)ccc32)c1-c1ccc(Cl)cc1. The van der Waals surface area contributed by atoms with E-state index in [-0.39, 0.29) is 11.7 Å². The van der Waals surface area contributed by atoms with Gasteiger partial charge in [0.1, 0.15) is 0 Å². The van der Waals surface area contributed by atoms with Crippen LogP contribution in [-0.2, 0) is 11.3 Å². The Balaban J connectivity index is 1.66. The van der Waals surface area contributed by atoms with Crippen molar-refractivity contribution in [2.45, 2.75) is 32.4 Å². The molecule has 0 amide bonds. The fraction of sp³-hybridized carbons (Fsp3) is 0.286. The van der Waals surface area contributed by atoms with Crippen LogP contribution in [0.4, 0.5) is 0 Å². The average molecular weight is 395 g/mol. The first-order valence-corrected chi connectivity index (χ1v) is 9.74. The zero-order valence-electron chi connectivity index (χ0n) is 15.4. The Bertz CT molecular complexity index is 1240. The number of halogens is 1. The van der Waals surface area contributed by atoms with E-state index in [1.54, 1.807) is 15.3 Å². The highest BCUT2D eigenvalue weighted by Gasteiger charge is 2.19. The van der Waals surface area contributed by atoms with Crippen molar-refractivity contribution in [3.05, 3.63) is 63.8 Å². The Morgan fingerprint density at radius 1 is 1.25 bits per heavy atom. The first kappa shape index (κ1) is 17.4. The Morgan fingerprint density at radius 2 is 2.07 bits per heavy atom. The lowest BCUT2D eigenvalue weighted by Gasteiger charge is -2.12. The quantitative estimate of drug-likeness (QED) is 0.529. The summed E-state index contributed by atoms with van der Waals surface area (Å²) in [5, 5.41) is 5.90. The van der Waals surface area contributed by atoms with E-state index in [0.717, 1.165) is 47.4 Å². The normalized spacial score (nSPS) is 17.0. The highest BCUT2D eigenvalue weighted by atomic mass is 35.5. The standard InChI is InChI=1S/C21H19ClN4O2/c1-13-19(14-4-6-15(22)7-5-14)20-23-11-17-18(26(20)24-13)8-9-25(21(17)27)12-16-3-2-10-28-16/h4-9,11,16H,2-3,10,12H2,1H3/t16-/m1/s1. The van der Waals surface area contributed by atoms with Crippen LogP contribution in [0.2, 0.25) is 5.02 Å². The topological polar surface area (TPSA) is 61.4 Å². The Labute approximate surface area is 166 Å². The maximum Gasteiger partial charge on any atom is 0.261 e. The number of ether oxygens (including phenoxy) is 1. The molecule has 1 aliphatic rings. The van der Waals surface area contributed by atoms with Gasteiger partial charge >= 0.3 is 0 Å². The minimum absolute atomic E-state index is 0.0661. The number of benzene rings is 1. The number of fused-ring (bicyclic) bond motifs is 3. The molecule has 0 N–H and O–H groups in total. The number of aromatic nitrogens is 4. The number of nitrogens with zero attached hydrogens (tertiary/aromatic N) is 4. The van der Waals surface area contributed by atoms with E-state index in [0.29, 0.717) is 17.0 Å². The average Bonchev–Trinajstić information content (AvgIpc) is 3.32. The van der Waals surface area contributed by atoms with Crippen LogP contribution in [0.5, 0.6) is 0 Å². The van der Waals surface area contributed by atoms with Gasteiger partial charge in [-0.1, -0.05) is 23.7 Å². The molecule has 0 aliphatic carbocycles. The number of aryl methyl sites for hydroxylation is 1. The first-order valence-electron chi connectivity index (χ1n) is 9.37. The fourth-order valence-corrected chi connectivity index (χ4v) is 4.05. The summed E-state index contributed by atoms with van der Waals surface area (Å²) >= 11 is 6.02. The second kappa shape index (κ2) is 6.72. The van der Waals surface area contributed by atoms with Crippen molar-refractivity contribution in [1.29, 1.82) is 0 Å². The Kier molecular flexibility index (Phi) is 4.18. The maximum atomic E-state index is 13.0. The molecule has 0 bridgehead atoms. The van der Waals surface area contributed by atoms with E-state index in [1.807, 2.05) is 43.5 Å². The van der Waals surface area contributed by atoms with Gasteiger partial charge < -0.3 is 9.30 Å². The minimum Gasteiger partial charge on any atom is -0.376 e. The molecule has 6 nitrogen and oxygen atoms in total. The van der Waals surface area contributed by atoms with Gasteiger partial charge in [-0.05, 0) is 43.5 Å². The summed E-state index contributed by atoms with van der Waals surface area (Å²) in [5.74, 6) is 0. The second-order valence-electron chi connectivity index (χ2n) is 7.17. The van der Waals surface area contributed by atoms with Gasteiger partial charge in [-0.15, -0.1) is 0 Å². The molecule has 1 aromatic carbocycles. The highest BCUT2D eigenvalue weighted by Crippen LogP contribution is 2.29. The van der Waals surface area contributed by atoms with Gasteiger partial charge in [-0.3, -0.25) is 4.79 Å². The monoisotopic (exact) mass is 394 g/mol. The maximum absolute atomic E-state index is 13.0. The molecule has 4 aromatic rings. The van der Waals surface area contributed by atoms with E-state index in [2.05, 4.69) is 10.1 Å². The zero-order valence-corrected chi connectivity index (χ0v) is 16.2. The molecule has 0 radical (unpaired) electrons. The van der Waals surface area contributed by atoms with Gasteiger partial charge in [0.15, 0.2) is 5.65 Å². The third kappa shape index (κ3) is 2.80. The lowest BCUT2D eigenvalue weighted by molar-refractivity contribution is 0.0963. The van der Waals surface area contributed by atoms with Gasteiger partial charge in [0.25, 0.3) is 5.56 Å². The van der Waals surface area contributed by atoms with Crippen LogP contribution in [0.15, 0.2) is 47.5 Å². The number of hydrogen-bond acceptors (Lipinski definition) is 4. The summed E-state index contributed by atoms with van der Waals surface area (Å²) < 4.78 is 9.14. The third-order valence-corrected chi connectivity index (χ3v) is 5.57. The van der Waals surface area contributed by atoms with Gasteiger partial charge in [-0.2, -0.15) is 5.10 Å². The van der Waals surface area contributed by atoms with Crippen LogP contribution >= 0.6 is 11.6 Å². The van der Waals surface area contributed by atoms with Gasteiger partial charge in [-0.25, -0.2) is 9.50 Å². The van der Waals surface area contributed by atoms with Crippen molar-refractivity contribution in [1.82, 2.24) is 19.2 Å². The van der Waals surface area contributed by atoms with E-state index < -0.39 is 0 Å². The summed E-state index contributed by atoms with van der Waals surface area (Å²) in [4.78, 5) is 17.6. The van der Waals surface area contributed by atoms with E-state index in [4.69, 9.17) is 16.3 Å². The molecule has 1 saturated heterocycles. The third-order valence-electron chi connectivity index (χ3n) is 5.32. The number of rotatable bonds is 3. The molecule has 7 heteroatoms. The van der Waals surface area contributed by atoms with E-state index in [1.165, 1.54) is 0 Å². The molecule has 0 spiro atoms. The fourth-order valence-electron chi connectivity index (χ4n) is 3.92. The summed E-state index contributed by atoms with van der Waals surface area (Å²) in [7, 11) is 0. The smallest absolute Gasteiger partial charge is 0.261 e. The molecule has 0 unspecified atom stereocenters. The molecule has 1 fully saturated rings. The van der Waals surface area contributed by atoms with Crippen molar-refractivity contribution in [2.75, 3.05) is 6.61 Å². The number of hydrogen-bond donors (Lipinski definition) is 0. The Hall–Kier alpha value is -2.70. The van der Waals surface area contributed by atoms with Crippen molar-refractivity contribution in [3.63, 3.8) is 0 Å². The van der Waals surface area contributed by atoms with E-state index >= 15 is 0 Å². The molecule has 1 aliphatic heterocycles. The predicted octanol–water partition coefficient (Wildman–Crippen LogP) is 3.85. The number of pyridine rings is 1. The van der Waals surface area contributed by atoms with Gasteiger partial charge in [0, 0.05) is 29.6 Å². The van der Waals surface area contributed by atoms with Crippen LogP contribution < -0.4 is 5.56 Å². The largest absolute Gasteiger partial charge is 0.376 e. The predicted molar refractivity (Wildman–Crippen MR) is 109 cm³/mol. The Morgan fingerprint density at radius 3 is 2.82 bits per heavy atom. The van der Waals surface area contributed by atoms with Crippen LogP contribution in [0, 0.1) is 6.92 Å². The van der Waals surface area contributed by atoms with Crippen molar-refractivity contribution in [2.24, 2.45) is 0 Å².